The number of nitrogens with one attached hydrogen (secondary N) is 1. The van der Waals surface area contributed by atoms with E-state index in [0.29, 0.717) is 18.4 Å². The number of aliphatic carboxylic acids is 1. The minimum Gasteiger partial charge on any atom is -0.481 e. The first-order valence-corrected chi connectivity index (χ1v) is 6.51. The number of hydrogen-bond donors (Lipinski definition) is 2. The van der Waals surface area contributed by atoms with Gasteiger partial charge in [-0.05, 0) is 30.5 Å². The summed E-state index contributed by atoms with van der Waals surface area (Å²) in [4.78, 5) is 22.7. The van der Waals surface area contributed by atoms with Crippen LogP contribution in [0.4, 0.5) is 8.78 Å². The van der Waals surface area contributed by atoms with E-state index >= 15 is 0 Å². The number of hydrogen-bond acceptors (Lipinski definition) is 3. The van der Waals surface area contributed by atoms with Crippen molar-refractivity contribution in [3.63, 3.8) is 0 Å². The van der Waals surface area contributed by atoms with Gasteiger partial charge >= 0.3 is 12.6 Å². The molecular formula is C14H15F2NO4. The predicted octanol–water partition coefficient (Wildman–Crippen LogP) is 2.01. The SMILES string of the molecule is O=C(O)C1CCC1C(=O)NCc1cccc(OC(F)F)c1. The summed E-state index contributed by atoms with van der Waals surface area (Å²) in [5, 5.41) is 11.5. The van der Waals surface area contributed by atoms with Crippen molar-refractivity contribution in [2.75, 3.05) is 0 Å². The van der Waals surface area contributed by atoms with Crippen LogP contribution in [0.3, 0.4) is 0 Å². The van der Waals surface area contributed by atoms with Crippen molar-refractivity contribution in [3.05, 3.63) is 29.8 Å². The number of benzene rings is 1. The highest BCUT2D eigenvalue weighted by Gasteiger charge is 2.41. The number of carboxylic acid groups (broad SMARTS) is 1. The first-order valence-electron chi connectivity index (χ1n) is 6.51. The largest absolute Gasteiger partial charge is 0.481 e. The van der Waals surface area contributed by atoms with E-state index in [1.54, 1.807) is 12.1 Å². The normalized spacial score (nSPS) is 20.7. The van der Waals surface area contributed by atoms with E-state index in [-0.39, 0.29) is 18.2 Å². The van der Waals surface area contributed by atoms with Crippen molar-refractivity contribution in [1.82, 2.24) is 5.32 Å². The van der Waals surface area contributed by atoms with E-state index in [9.17, 15) is 18.4 Å². The molecule has 21 heavy (non-hydrogen) atoms. The molecule has 0 bridgehead atoms. The number of carboxylic acids is 1. The summed E-state index contributed by atoms with van der Waals surface area (Å²) in [5.41, 5.74) is 0.604. The number of halogens is 2. The number of carbonyl (C=O) groups is 2. The van der Waals surface area contributed by atoms with Gasteiger partial charge in [-0.3, -0.25) is 9.59 Å². The molecule has 114 valence electrons. The lowest BCUT2D eigenvalue weighted by molar-refractivity contribution is -0.152. The van der Waals surface area contributed by atoms with Crippen LogP contribution in [0.25, 0.3) is 0 Å². The Hall–Kier alpha value is -2.18. The Bertz CT molecular complexity index is 535. The molecule has 1 aliphatic rings. The maximum absolute atomic E-state index is 12.1. The Morgan fingerprint density at radius 2 is 2.05 bits per heavy atom. The minimum atomic E-state index is -2.90. The van der Waals surface area contributed by atoms with Crippen LogP contribution in [0.15, 0.2) is 24.3 Å². The maximum Gasteiger partial charge on any atom is 0.387 e. The number of amides is 1. The molecule has 2 rings (SSSR count). The predicted molar refractivity (Wildman–Crippen MR) is 68.8 cm³/mol. The third-order valence-corrected chi connectivity index (χ3v) is 3.52. The average molecular weight is 299 g/mol. The molecule has 1 fully saturated rings. The summed E-state index contributed by atoms with van der Waals surface area (Å²) in [7, 11) is 0. The molecule has 5 nitrogen and oxygen atoms in total. The summed E-state index contributed by atoms with van der Waals surface area (Å²) in [6.45, 7) is -2.76. The van der Waals surface area contributed by atoms with Gasteiger partial charge < -0.3 is 15.2 Å². The molecule has 2 atom stereocenters. The molecule has 0 radical (unpaired) electrons. The van der Waals surface area contributed by atoms with Gasteiger partial charge in [-0.1, -0.05) is 12.1 Å². The number of carbonyl (C=O) groups excluding carboxylic acids is 1. The lowest BCUT2D eigenvalue weighted by Gasteiger charge is -2.31. The van der Waals surface area contributed by atoms with Crippen LogP contribution in [0, 0.1) is 11.8 Å². The summed E-state index contributed by atoms with van der Waals surface area (Å²) in [6.07, 6.45) is 1.06. The summed E-state index contributed by atoms with van der Waals surface area (Å²) < 4.78 is 28.5. The Balaban J connectivity index is 1.88. The summed E-state index contributed by atoms with van der Waals surface area (Å²) in [5.74, 6) is -2.41. The molecule has 1 amide bonds. The first-order chi connectivity index (χ1) is 9.97. The molecule has 0 spiro atoms. The van der Waals surface area contributed by atoms with Crippen molar-refractivity contribution in [3.8, 4) is 5.75 Å². The van der Waals surface area contributed by atoms with Gasteiger partial charge in [0.2, 0.25) is 5.91 Å². The van der Waals surface area contributed by atoms with E-state index < -0.39 is 24.4 Å². The van der Waals surface area contributed by atoms with E-state index in [4.69, 9.17) is 5.11 Å². The molecule has 1 aromatic rings. The molecule has 0 saturated heterocycles. The minimum absolute atomic E-state index is 0.0174. The average Bonchev–Trinajstić information content (AvgIpc) is 2.34. The molecule has 7 heteroatoms. The van der Waals surface area contributed by atoms with E-state index in [0.717, 1.165) is 0 Å². The van der Waals surface area contributed by atoms with Crippen molar-refractivity contribution >= 4 is 11.9 Å². The van der Waals surface area contributed by atoms with Gasteiger partial charge in [-0.25, -0.2) is 0 Å². The van der Waals surface area contributed by atoms with Crippen molar-refractivity contribution in [2.24, 2.45) is 11.8 Å². The standard InChI is InChI=1S/C14H15F2NO4/c15-14(16)21-9-3-1-2-8(6-9)7-17-12(18)10-4-5-11(10)13(19)20/h1-3,6,10-11,14H,4-5,7H2,(H,17,18)(H,19,20). The van der Waals surface area contributed by atoms with E-state index in [1.807, 2.05) is 0 Å². The van der Waals surface area contributed by atoms with Crippen LogP contribution in [-0.4, -0.2) is 23.6 Å². The van der Waals surface area contributed by atoms with Crippen molar-refractivity contribution < 1.29 is 28.2 Å². The second-order valence-electron chi connectivity index (χ2n) is 4.87. The zero-order chi connectivity index (χ0) is 15.4. The van der Waals surface area contributed by atoms with E-state index in [1.165, 1.54) is 12.1 Å². The highest BCUT2D eigenvalue weighted by molar-refractivity contribution is 5.86. The zero-order valence-electron chi connectivity index (χ0n) is 11.1. The molecule has 0 aromatic heterocycles. The van der Waals surface area contributed by atoms with Gasteiger partial charge in [0, 0.05) is 6.54 Å². The Morgan fingerprint density at radius 1 is 1.33 bits per heavy atom. The second-order valence-corrected chi connectivity index (χ2v) is 4.87. The molecule has 2 unspecified atom stereocenters. The third kappa shape index (κ3) is 3.90. The Kier molecular flexibility index (Phi) is 4.72. The maximum atomic E-state index is 12.1. The molecule has 2 N–H and O–H groups in total. The van der Waals surface area contributed by atoms with Crippen LogP contribution in [0.1, 0.15) is 18.4 Å². The summed E-state index contributed by atoms with van der Waals surface area (Å²) in [6, 6.07) is 6.00. The molecule has 0 heterocycles. The van der Waals surface area contributed by atoms with E-state index in [2.05, 4.69) is 10.1 Å². The molecule has 1 aromatic carbocycles. The topological polar surface area (TPSA) is 75.6 Å². The Morgan fingerprint density at radius 3 is 2.62 bits per heavy atom. The van der Waals surface area contributed by atoms with Crippen LogP contribution in [0.2, 0.25) is 0 Å². The fourth-order valence-electron chi connectivity index (χ4n) is 2.26. The summed E-state index contributed by atoms with van der Waals surface area (Å²) >= 11 is 0. The fraction of sp³-hybridized carbons (Fsp3) is 0.429. The fourth-order valence-corrected chi connectivity index (χ4v) is 2.26. The lowest BCUT2D eigenvalue weighted by atomic mass is 9.73. The smallest absolute Gasteiger partial charge is 0.387 e. The second kappa shape index (κ2) is 6.51. The van der Waals surface area contributed by atoms with Gasteiger partial charge in [-0.15, -0.1) is 0 Å². The van der Waals surface area contributed by atoms with Gasteiger partial charge in [0.05, 0.1) is 11.8 Å². The van der Waals surface area contributed by atoms with Crippen LogP contribution >= 0.6 is 0 Å². The van der Waals surface area contributed by atoms with Crippen LogP contribution in [0.5, 0.6) is 5.75 Å². The highest BCUT2D eigenvalue weighted by atomic mass is 19.3. The van der Waals surface area contributed by atoms with Crippen molar-refractivity contribution in [1.29, 1.82) is 0 Å². The number of ether oxygens (including phenoxy) is 1. The Labute approximate surface area is 119 Å². The van der Waals surface area contributed by atoms with Gasteiger partial charge in [-0.2, -0.15) is 8.78 Å². The highest BCUT2D eigenvalue weighted by Crippen LogP contribution is 2.34. The van der Waals surface area contributed by atoms with Gasteiger partial charge in [0.1, 0.15) is 5.75 Å². The molecule has 1 aliphatic carbocycles. The molecular weight excluding hydrogens is 284 g/mol. The quantitative estimate of drug-likeness (QED) is 0.842. The van der Waals surface area contributed by atoms with Crippen LogP contribution in [-0.2, 0) is 16.1 Å². The monoisotopic (exact) mass is 299 g/mol. The van der Waals surface area contributed by atoms with Crippen molar-refractivity contribution in [2.45, 2.75) is 26.0 Å². The number of alkyl halides is 2. The van der Waals surface area contributed by atoms with Crippen LogP contribution < -0.4 is 10.1 Å². The van der Waals surface area contributed by atoms with Gasteiger partial charge in [0.15, 0.2) is 0 Å². The van der Waals surface area contributed by atoms with Gasteiger partial charge in [0.25, 0.3) is 0 Å². The number of rotatable bonds is 6. The molecule has 1 saturated carbocycles. The molecule has 0 aliphatic heterocycles. The third-order valence-electron chi connectivity index (χ3n) is 3.52. The zero-order valence-corrected chi connectivity index (χ0v) is 11.1. The lowest BCUT2D eigenvalue weighted by Crippen LogP contribution is -2.43. The first kappa shape index (κ1) is 15.2.